The molecular weight excluding hydrogens is 376 g/mol. The Labute approximate surface area is 173 Å². The summed E-state index contributed by atoms with van der Waals surface area (Å²) in [6.07, 6.45) is 0.602. The maximum Gasteiger partial charge on any atom is 0.345 e. The molecule has 5 nitrogen and oxygen atoms in total. The van der Waals surface area contributed by atoms with Gasteiger partial charge in [0, 0.05) is 11.8 Å². The highest BCUT2D eigenvalue weighted by Gasteiger charge is 2.31. The van der Waals surface area contributed by atoms with Gasteiger partial charge in [0.15, 0.2) is 0 Å². The van der Waals surface area contributed by atoms with E-state index in [9.17, 15) is 4.79 Å². The molecule has 0 N–H and O–H groups in total. The molecule has 148 valence electrons. The molecule has 0 saturated heterocycles. The predicted molar refractivity (Wildman–Crippen MR) is 118 cm³/mol. The van der Waals surface area contributed by atoms with Gasteiger partial charge in [-0.2, -0.15) is 5.10 Å². The van der Waals surface area contributed by atoms with Crippen LogP contribution in [0, 0.1) is 0 Å². The molecule has 5 rings (SSSR count). The van der Waals surface area contributed by atoms with E-state index in [1.165, 1.54) is 0 Å². The molecule has 0 radical (unpaired) electrons. The van der Waals surface area contributed by atoms with Gasteiger partial charge in [-0.25, -0.2) is 4.79 Å². The Morgan fingerprint density at radius 2 is 1.70 bits per heavy atom. The predicted octanol–water partition coefficient (Wildman–Crippen LogP) is 5.16. The van der Waals surface area contributed by atoms with Crippen molar-refractivity contribution in [3.05, 3.63) is 106 Å². The topological polar surface area (TPSA) is 55.0 Å². The summed E-state index contributed by atoms with van der Waals surface area (Å²) >= 11 is 0. The molecule has 0 amide bonds. The first-order valence-electron chi connectivity index (χ1n) is 9.82. The first-order valence-corrected chi connectivity index (χ1v) is 9.82. The minimum Gasteiger partial charge on any atom is -0.497 e. The van der Waals surface area contributed by atoms with E-state index < -0.39 is 0 Å². The molecule has 1 aliphatic rings. The number of hydrogen-bond acceptors (Lipinski definition) is 5. The fourth-order valence-electron chi connectivity index (χ4n) is 3.84. The molecule has 0 aliphatic carbocycles. The second-order valence-corrected chi connectivity index (χ2v) is 7.21. The van der Waals surface area contributed by atoms with Crippen LogP contribution in [0.3, 0.4) is 0 Å². The van der Waals surface area contributed by atoms with E-state index in [-0.39, 0.29) is 11.7 Å². The lowest BCUT2D eigenvalue weighted by atomic mass is 9.98. The maximum atomic E-state index is 12.7. The van der Waals surface area contributed by atoms with Gasteiger partial charge in [-0.05, 0) is 42.0 Å². The van der Waals surface area contributed by atoms with Gasteiger partial charge in [0.25, 0.3) is 0 Å². The SMILES string of the molecule is COc1ccc([C@H]2CC(c3cc4ccccc4oc3=O)=NN2c2ccccc2)cc1. The van der Waals surface area contributed by atoms with Gasteiger partial charge in [-0.1, -0.05) is 48.5 Å². The van der Waals surface area contributed by atoms with Gasteiger partial charge < -0.3 is 9.15 Å². The summed E-state index contributed by atoms with van der Waals surface area (Å²) < 4.78 is 10.8. The molecule has 1 aliphatic heterocycles. The van der Waals surface area contributed by atoms with Crippen LogP contribution in [0.1, 0.15) is 23.6 Å². The lowest BCUT2D eigenvalue weighted by molar-refractivity contribution is 0.414. The number of fused-ring (bicyclic) bond motifs is 1. The van der Waals surface area contributed by atoms with Crippen molar-refractivity contribution < 1.29 is 9.15 Å². The van der Waals surface area contributed by atoms with E-state index in [0.717, 1.165) is 28.1 Å². The molecule has 1 atom stereocenters. The fourth-order valence-corrected chi connectivity index (χ4v) is 3.84. The van der Waals surface area contributed by atoms with Crippen molar-refractivity contribution >= 4 is 22.4 Å². The van der Waals surface area contributed by atoms with E-state index >= 15 is 0 Å². The van der Waals surface area contributed by atoms with Gasteiger partial charge in [0.1, 0.15) is 11.3 Å². The number of hydrogen-bond donors (Lipinski definition) is 0. The molecule has 0 saturated carbocycles. The first kappa shape index (κ1) is 18.2. The van der Waals surface area contributed by atoms with Crippen LogP contribution in [-0.4, -0.2) is 12.8 Å². The Bertz CT molecular complexity index is 1280. The van der Waals surface area contributed by atoms with Crippen molar-refractivity contribution in [2.24, 2.45) is 5.10 Å². The lowest BCUT2D eigenvalue weighted by Crippen LogP contribution is -2.18. The van der Waals surface area contributed by atoms with Gasteiger partial charge in [0.2, 0.25) is 0 Å². The number of ether oxygens (including phenoxy) is 1. The van der Waals surface area contributed by atoms with Crippen molar-refractivity contribution in [3.8, 4) is 5.75 Å². The van der Waals surface area contributed by atoms with Crippen LogP contribution in [0.5, 0.6) is 5.75 Å². The third kappa shape index (κ3) is 3.24. The quantitative estimate of drug-likeness (QED) is 0.447. The molecule has 30 heavy (non-hydrogen) atoms. The van der Waals surface area contributed by atoms with E-state index in [0.29, 0.717) is 17.6 Å². The second-order valence-electron chi connectivity index (χ2n) is 7.21. The zero-order valence-electron chi connectivity index (χ0n) is 16.5. The zero-order chi connectivity index (χ0) is 20.5. The number of methoxy groups -OCH3 is 1. The van der Waals surface area contributed by atoms with Crippen LogP contribution >= 0.6 is 0 Å². The Balaban J connectivity index is 1.59. The molecule has 3 aromatic carbocycles. The summed E-state index contributed by atoms with van der Waals surface area (Å²) in [7, 11) is 1.65. The monoisotopic (exact) mass is 396 g/mol. The van der Waals surface area contributed by atoms with Gasteiger partial charge in [-0.3, -0.25) is 5.01 Å². The van der Waals surface area contributed by atoms with Crippen LogP contribution in [0.4, 0.5) is 5.69 Å². The van der Waals surface area contributed by atoms with Crippen molar-refractivity contribution in [3.63, 3.8) is 0 Å². The zero-order valence-corrected chi connectivity index (χ0v) is 16.5. The van der Waals surface area contributed by atoms with Crippen LogP contribution in [0.25, 0.3) is 11.0 Å². The summed E-state index contributed by atoms with van der Waals surface area (Å²) in [5, 5.41) is 7.72. The maximum absolute atomic E-state index is 12.7. The lowest BCUT2D eigenvalue weighted by Gasteiger charge is -2.24. The molecule has 5 heteroatoms. The molecular formula is C25H20N2O3. The summed E-state index contributed by atoms with van der Waals surface area (Å²) in [5.74, 6) is 0.805. The number of rotatable bonds is 4. The average Bonchev–Trinajstić information content (AvgIpc) is 3.24. The minimum absolute atomic E-state index is 0.0285. The van der Waals surface area contributed by atoms with Crippen LogP contribution in [0.15, 0.2) is 99.2 Å². The molecule has 0 fully saturated rings. The van der Waals surface area contributed by atoms with Crippen molar-refractivity contribution in [1.29, 1.82) is 0 Å². The molecule has 2 heterocycles. The van der Waals surface area contributed by atoms with Gasteiger partial charge >= 0.3 is 5.63 Å². The summed E-state index contributed by atoms with van der Waals surface area (Å²) in [5.41, 5.74) is 3.51. The average molecular weight is 396 g/mol. The van der Waals surface area contributed by atoms with Crippen molar-refractivity contribution in [2.75, 3.05) is 12.1 Å². The Morgan fingerprint density at radius 1 is 0.967 bits per heavy atom. The van der Waals surface area contributed by atoms with Crippen molar-refractivity contribution in [1.82, 2.24) is 0 Å². The number of benzene rings is 3. The van der Waals surface area contributed by atoms with E-state index in [2.05, 4.69) is 0 Å². The highest BCUT2D eigenvalue weighted by Crippen LogP contribution is 2.37. The molecule has 0 spiro atoms. The largest absolute Gasteiger partial charge is 0.497 e. The number of hydrazone groups is 1. The Hall–Kier alpha value is -3.86. The summed E-state index contributed by atoms with van der Waals surface area (Å²) in [6, 6.07) is 27.3. The minimum atomic E-state index is -0.365. The third-order valence-corrected chi connectivity index (χ3v) is 5.38. The molecule has 4 aromatic rings. The fraction of sp³-hybridized carbons (Fsp3) is 0.120. The van der Waals surface area contributed by atoms with Crippen molar-refractivity contribution in [2.45, 2.75) is 12.5 Å². The second kappa shape index (κ2) is 7.52. The van der Waals surface area contributed by atoms with Gasteiger partial charge in [0.05, 0.1) is 30.1 Å². The third-order valence-electron chi connectivity index (χ3n) is 5.38. The first-order chi connectivity index (χ1) is 14.7. The van der Waals surface area contributed by atoms with E-state index in [1.54, 1.807) is 13.2 Å². The normalized spacial score (nSPS) is 16.0. The van der Waals surface area contributed by atoms with E-state index in [1.807, 2.05) is 83.9 Å². The molecule has 1 aromatic heterocycles. The summed E-state index contributed by atoms with van der Waals surface area (Å²) in [6.45, 7) is 0. The Morgan fingerprint density at radius 3 is 2.47 bits per heavy atom. The van der Waals surface area contributed by atoms with Gasteiger partial charge in [-0.15, -0.1) is 0 Å². The molecule has 0 bridgehead atoms. The number of anilines is 1. The number of nitrogens with zero attached hydrogens (tertiary/aromatic N) is 2. The Kier molecular flexibility index (Phi) is 4.56. The highest BCUT2D eigenvalue weighted by atomic mass is 16.5. The standard InChI is InChI=1S/C25H20N2O3/c1-29-20-13-11-17(12-14-20)23-16-22(26-27(23)19-8-3-2-4-9-19)21-15-18-7-5-6-10-24(18)30-25(21)28/h2-15,23H,16H2,1H3/t23-/m1/s1. The highest BCUT2D eigenvalue weighted by molar-refractivity contribution is 6.04. The number of para-hydroxylation sites is 2. The smallest absolute Gasteiger partial charge is 0.345 e. The molecule has 0 unspecified atom stereocenters. The van der Waals surface area contributed by atoms with E-state index in [4.69, 9.17) is 14.3 Å². The summed E-state index contributed by atoms with van der Waals surface area (Å²) in [4.78, 5) is 12.7. The van der Waals surface area contributed by atoms with Crippen LogP contribution in [0.2, 0.25) is 0 Å². The van der Waals surface area contributed by atoms with Crippen LogP contribution in [-0.2, 0) is 0 Å². The van der Waals surface area contributed by atoms with Crippen LogP contribution < -0.4 is 15.4 Å².